The molecule has 1 aromatic carbocycles. The van der Waals surface area contributed by atoms with Gasteiger partial charge in [0.1, 0.15) is 4.32 Å². The number of carbonyl (C=O) groups is 2. The maximum absolute atomic E-state index is 12.6. The molecule has 3 rings (SSSR count). The summed E-state index contributed by atoms with van der Waals surface area (Å²) in [5, 5.41) is 1.95. The van der Waals surface area contributed by atoms with Gasteiger partial charge in [-0.05, 0) is 11.6 Å². The fourth-order valence-electron chi connectivity index (χ4n) is 2.96. The molecule has 0 aromatic heterocycles. The molecule has 8 heteroatoms. The smallest absolute Gasteiger partial charge is 0.266 e. The number of carbonyl (C=O) groups excluding carboxylic acids is 2. The zero-order valence-electron chi connectivity index (χ0n) is 15.9. The molecular weight excluding hydrogens is 392 g/mol. The van der Waals surface area contributed by atoms with Gasteiger partial charge in [0.25, 0.3) is 5.91 Å². The van der Waals surface area contributed by atoms with E-state index in [-0.39, 0.29) is 18.2 Å². The third-order valence-electron chi connectivity index (χ3n) is 4.67. The quantitative estimate of drug-likeness (QED) is 0.527. The van der Waals surface area contributed by atoms with E-state index < -0.39 is 0 Å². The summed E-state index contributed by atoms with van der Waals surface area (Å²) in [7, 11) is 2.15. The van der Waals surface area contributed by atoms with Crippen molar-refractivity contribution in [3.63, 3.8) is 0 Å². The molecule has 2 amide bonds. The maximum Gasteiger partial charge on any atom is 0.266 e. The molecule has 2 aliphatic heterocycles. The molecule has 2 saturated heterocycles. The van der Waals surface area contributed by atoms with Crippen molar-refractivity contribution in [3.8, 4) is 0 Å². The number of thiocarbonyl (C=S) groups is 1. The molecule has 0 radical (unpaired) electrons. The number of nitrogens with one attached hydrogen (secondary N) is 2. The Hall–Kier alpha value is -2.00. The van der Waals surface area contributed by atoms with Crippen LogP contribution >= 0.6 is 24.0 Å². The van der Waals surface area contributed by atoms with Gasteiger partial charge in [-0.1, -0.05) is 66.5 Å². The van der Waals surface area contributed by atoms with Gasteiger partial charge in [0.05, 0.1) is 38.1 Å². The predicted molar refractivity (Wildman–Crippen MR) is 116 cm³/mol. The van der Waals surface area contributed by atoms with Crippen LogP contribution in [0.15, 0.2) is 47.4 Å². The highest BCUT2D eigenvalue weighted by atomic mass is 32.2. The lowest BCUT2D eigenvalue weighted by molar-refractivity contribution is -0.884. The second kappa shape index (κ2) is 9.97. The summed E-state index contributed by atoms with van der Waals surface area (Å²) in [4.78, 5) is 28.3. The van der Waals surface area contributed by atoms with Gasteiger partial charge in [-0.2, -0.15) is 0 Å². The first-order chi connectivity index (χ1) is 13.5. The molecule has 2 N–H and O–H groups in total. The molecule has 0 bridgehead atoms. The highest BCUT2D eigenvalue weighted by Gasteiger charge is 2.31. The summed E-state index contributed by atoms with van der Waals surface area (Å²) in [6.45, 7) is 4.01. The number of quaternary nitrogens is 1. The van der Waals surface area contributed by atoms with Crippen LogP contribution in [0.5, 0.6) is 0 Å². The number of rotatable bonds is 6. The lowest BCUT2D eigenvalue weighted by atomic mass is 10.2. The molecule has 2 aliphatic rings. The molecule has 0 spiro atoms. The molecule has 0 saturated carbocycles. The lowest BCUT2D eigenvalue weighted by Gasteiger charge is -2.30. The van der Waals surface area contributed by atoms with Crippen molar-refractivity contribution in [1.82, 2.24) is 15.3 Å². The zero-order chi connectivity index (χ0) is 19.9. The lowest BCUT2D eigenvalue weighted by Crippen LogP contribution is -3.12. The Kier molecular flexibility index (Phi) is 7.38. The number of allylic oxidation sites excluding steroid dienone is 2. The van der Waals surface area contributed by atoms with Gasteiger partial charge in [0.15, 0.2) is 0 Å². The van der Waals surface area contributed by atoms with Crippen molar-refractivity contribution < 1.29 is 14.5 Å². The number of piperazine rings is 1. The van der Waals surface area contributed by atoms with E-state index in [2.05, 4.69) is 12.5 Å². The zero-order valence-corrected chi connectivity index (χ0v) is 17.5. The molecular formula is C20H25N4O2S2+. The topological polar surface area (TPSA) is 57.1 Å². The van der Waals surface area contributed by atoms with Gasteiger partial charge in [-0.15, -0.1) is 0 Å². The largest absolute Gasteiger partial charge is 0.335 e. The van der Waals surface area contributed by atoms with Gasteiger partial charge in [0, 0.05) is 13.0 Å². The maximum atomic E-state index is 12.6. The van der Waals surface area contributed by atoms with Crippen molar-refractivity contribution in [2.75, 3.05) is 39.8 Å². The molecule has 1 aromatic rings. The number of hydrazine groups is 1. The molecule has 148 valence electrons. The molecule has 28 heavy (non-hydrogen) atoms. The van der Waals surface area contributed by atoms with E-state index >= 15 is 0 Å². The van der Waals surface area contributed by atoms with Gasteiger partial charge in [0.2, 0.25) is 5.91 Å². The minimum absolute atomic E-state index is 0.0819. The second-order valence-electron chi connectivity index (χ2n) is 6.85. The number of hydrogen-bond donors (Lipinski definition) is 2. The Morgan fingerprint density at radius 1 is 1.29 bits per heavy atom. The third-order valence-corrected chi connectivity index (χ3v) is 6.07. The summed E-state index contributed by atoms with van der Waals surface area (Å²) in [5.41, 5.74) is 3.99. The summed E-state index contributed by atoms with van der Waals surface area (Å²) in [6.07, 6.45) is 5.80. The minimum atomic E-state index is -0.135. The van der Waals surface area contributed by atoms with E-state index in [0.29, 0.717) is 15.8 Å². The highest BCUT2D eigenvalue weighted by Crippen LogP contribution is 2.31. The van der Waals surface area contributed by atoms with Crippen LogP contribution in [-0.4, -0.2) is 65.8 Å². The SMILES string of the molecule is C[NH+]1CCN(NC(=O)CCN2C(=O)/C(=C/C=C/c3ccccc3)SC2=S)CC1. The van der Waals surface area contributed by atoms with Crippen molar-refractivity contribution in [2.24, 2.45) is 0 Å². The number of hydrogen-bond acceptors (Lipinski definition) is 5. The highest BCUT2D eigenvalue weighted by molar-refractivity contribution is 8.26. The molecule has 2 fully saturated rings. The van der Waals surface area contributed by atoms with Crippen LogP contribution in [-0.2, 0) is 9.59 Å². The number of nitrogens with zero attached hydrogens (tertiary/aromatic N) is 2. The third kappa shape index (κ3) is 5.75. The number of thioether (sulfide) groups is 1. The molecule has 2 heterocycles. The van der Waals surface area contributed by atoms with Crippen LogP contribution in [0.1, 0.15) is 12.0 Å². The number of amides is 2. The van der Waals surface area contributed by atoms with E-state index in [1.807, 2.05) is 47.5 Å². The Morgan fingerprint density at radius 3 is 2.71 bits per heavy atom. The van der Waals surface area contributed by atoms with Gasteiger partial charge >= 0.3 is 0 Å². The van der Waals surface area contributed by atoms with E-state index in [1.165, 1.54) is 21.6 Å². The van der Waals surface area contributed by atoms with Crippen LogP contribution in [0.4, 0.5) is 0 Å². The van der Waals surface area contributed by atoms with Crippen LogP contribution in [0, 0.1) is 0 Å². The number of likely N-dealkylation sites (N-methyl/N-ethyl adjacent to an activating group) is 1. The first-order valence-electron chi connectivity index (χ1n) is 9.36. The monoisotopic (exact) mass is 417 g/mol. The first-order valence-corrected chi connectivity index (χ1v) is 10.6. The van der Waals surface area contributed by atoms with Crippen molar-refractivity contribution >= 4 is 46.2 Å². The van der Waals surface area contributed by atoms with Crippen molar-refractivity contribution in [3.05, 3.63) is 53.0 Å². The van der Waals surface area contributed by atoms with Crippen molar-refractivity contribution in [1.29, 1.82) is 0 Å². The number of benzene rings is 1. The predicted octanol–water partition coefficient (Wildman–Crippen LogP) is 0.696. The fourth-order valence-corrected chi connectivity index (χ4v) is 4.22. The Labute approximate surface area is 175 Å². The van der Waals surface area contributed by atoms with E-state index in [9.17, 15) is 9.59 Å². The summed E-state index contributed by atoms with van der Waals surface area (Å²) in [6, 6.07) is 9.89. The normalized spacial score (nSPS) is 20.5. The Bertz CT molecular complexity index is 787. The van der Waals surface area contributed by atoms with Gasteiger partial charge < -0.3 is 4.90 Å². The summed E-state index contributed by atoms with van der Waals surface area (Å²) < 4.78 is 0.500. The standard InChI is InChI=1S/C20H24N4O2S2/c1-22-12-14-23(15-13-22)21-18(25)10-11-24-19(26)17(28-20(24)27)9-5-8-16-6-3-2-4-7-16/h2-9H,10-15H2,1H3,(H,21,25)/p+1/b8-5+,17-9-. The first kappa shape index (κ1) is 20.7. The Balaban J connectivity index is 1.49. The van der Waals surface area contributed by atoms with Crippen LogP contribution in [0.25, 0.3) is 6.08 Å². The van der Waals surface area contributed by atoms with E-state index in [0.717, 1.165) is 31.7 Å². The van der Waals surface area contributed by atoms with Crippen molar-refractivity contribution in [2.45, 2.75) is 6.42 Å². The Morgan fingerprint density at radius 2 is 2.00 bits per heavy atom. The molecule has 6 nitrogen and oxygen atoms in total. The van der Waals surface area contributed by atoms with E-state index in [1.54, 1.807) is 6.08 Å². The summed E-state index contributed by atoms with van der Waals surface area (Å²) >= 11 is 6.60. The second-order valence-corrected chi connectivity index (χ2v) is 8.53. The van der Waals surface area contributed by atoms with E-state index in [4.69, 9.17) is 12.2 Å². The average molecular weight is 418 g/mol. The van der Waals surface area contributed by atoms with Crippen LogP contribution < -0.4 is 10.3 Å². The molecule has 0 atom stereocenters. The van der Waals surface area contributed by atoms with Crippen LogP contribution in [0.2, 0.25) is 0 Å². The molecule has 0 aliphatic carbocycles. The fraction of sp³-hybridized carbons (Fsp3) is 0.350. The average Bonchev–Trinajstić information content (AvgIpc) is 2.96. The summed E-state index contributed by atoms with van der Waals surface area (Å²) in [5.74, 6) is -0.217. The van der Waals surface area contributed by atoms with Crippen LogP contribution in [0.3, 0.4) is 0 Å². The minimum Gasteiger partial charge on any atom is -0.335 e. The van der Waals surface area contributed by atoms with Gasteiger partial charge in [-0.3, -0.25) is 19.9 Å². The van der Waals surface area contributed by atoms with Gasteiger partial charge in [-0.25, -0.2) is 5.01 Å². The molecule has 0 unspecified atom stereocenters.